The fourth-order valence-electron chi connectivity index (χ4n) is 1.63. The molecule has 2 aromatic rings. The summed E-state index contributed by atoms with van der Waals surface area (Å²) >= 11 is 5.90. The summed E-state index contributed by atoms with van der Waals surface area (Å²) in [7, 11) is 1.96. The average molecular weight is 235 g/mol. The quantitative estimate of drug-likeness (QED) is 0.786. The molecular weight excluding hydrogens is 220 g/mol. The van der Waals surface area contributed by atoms with E-state index >= 15 is 0 Å². The van der Waals surface area contributed by atoms with Crippen LogP contribution in [0.4, 0.5) is 0 Å². The molecule has 16 heavy (non-hydrogen) atoms. The van der Waals surface area contributed by atoms with Crippen LogP contribution in [-0.2, 0) is 6.42 Å². The van der Waals surface area contributed by atoms with Crippen LogP contribution in [0.3, 0.4) is 0 Å². The molecule has 2 nitrogen and oxygen atoms in total. The van der Waals surface area contributed by atoms with E-state index in [1.165, 1.54) is 10.9 Å². The predicted molar refractivity (Wildman–Crippen MR) is 70.8 cm³/mol. The van der Waals surface area contributed by atoms with Gasteiger partial charge in [-0.1, -0.05) is 17.7 Å². The molecule has 0 fully saturated rings. The molecule has 0 aliphatic heterocycles. The van der Waals surface area contributed by atoms with Gasteiger partial charge in [0.1, 0.15) is 0 Å². The van der Waals surface area contributed by atoms with Crippen LogP contribution >= 0.6 is 11.6 Å². The standard InChI is InChI=1S/C11H13ClN2.C2H2/c1-13-5-4-8-7-14-11-6-9(12)2-3-10(8)11;1-2/h2-3,6-7,13-14H,4-5H2,1H3;1-2H. The Morgan fingerprint density at radius 2 is 2.12 bits per heavy atom. The SMILES string of the molecule is C#C.CNCCc1c[nH]c2cc(Cl)ccc12. The van der Waals surface area contributed by atoms with Crippen molar-refractivity contribution in [2.45, 2.75) is 6.42 Å². The van der Waals surface area contributed by atoms with Crippen molar-refractivity contribution in [3.63, 3.8) is 0 Å². The smallest absolute Gasteiger partial charge is 0.0471 e. The number of aromatic nitrogens is 1. The summed E-state index contributed by atoms with van der Waals surface area (Å²) in [6.07, 6.45) is 11.1. The van der Waals surface area contributed by atoms with E-state index in [1.54, 1.807) is 0 Å². The Kier molecular flexibility index (Phi) is 4.91. The summed E-state index contributed by atoms with van der Waals surface area (Å²) < 4.78 is 0. The zero-order valence-corrected chi connectivity index (χ0v) is 10.0. The van der Waals surface area contributed by atoms with Gasteiger partial charge in [-0.2, -0.15) is 0 Å². The molecule has 1 heterocycles. The Morgan fingerprint density at radius 3 is 2.81 bits per heavy atom. The number of likely N-dealkylation sites (N-methyl/N-ethyl adjacent to an activating group) is 1. The van der Waals surface area contributed by atoms with Crippen molar-refractivity contribution in [1.82, 2.24) is 10.3 Å². The lowest BCUT2D eigenvalue weighted by molar-refractivity contribution is 0.795. The van der Waals surface area contributed by atoms with E-state index in [2.05, 4.69) is 35.4 Å². The maximum absolute atomic E-state index is 5.90. The highest BCUT2D eigenvalue weighted by Crippen LogP contribution is 2.21. The first-order chi connectivity index (χ1) is 7.81. The second-order valence-electron chi connectivity index (χ2n) is 3.36. The topological polar surface area (TPSA) is 27.8 Å². The molecule has 0 saturated carbocycles. The van der Waals surface area contributed by atoms with Gasteiger partial charge < -0.3 is 10.3 Å². The number of benzene rings is 1. The molecule has 0 spiro atoms. The van der Waals surface area contributed by atoms with Crippen LogP contribution in [0.2, 0.25) is 5.02 Å². The zero-order valence-electron chi connectivity index (χ0n) is 9.26. The maximum Gasteiger partial charge on any atom is 0.0471 e. The van der Waals surface area contributed by atoms with E-state index in [0.717, 1.165) is 23.5 Å². The monoisotopic (exact) mass is 234 g/mol. The first-order valence-corrected chi connectivity index (χ1v) is 5.42. The third-order valence-electron chi connectivity index (χ3n) is 2.37. The second kappa shape index (κ2) is 6.22. The van der Waals surface area contributed by atoms with Crippen LogP contribution in [0.25, 0.3) is 10.9 Å². The van der Waals surface area contributed by atoms with Gasteiger partial charge in [0.2, 0.25) is 0 Å². The van der Waals surface area contributed by atoms with Crippen molar-refractivity contribution >= 4 is 22.5 Å². The second-order valence-corrected chi connectivity index (χ2v) is 3.79. The molecule has 1 aromatic heterocycles. The number of nitrogens with one attached hydrogen (secondary N) is 2. The lowest BCUT2D eigenvalue weighted by Gasteiger charge is -1.98. The lowest BCUT2D eigenvalue weighted by Crippen LogP contribution is -2.09. The van der Waals surface area contributed by atoms with Crippen molar-refractivity contribution in [1.29, 1.82) is 0 Å². The van der Waals surface area contributed by atoms with Crippen LogP contribution < -0.4 is 5.32 Å². The van der Waals surface area contributed by atoms with Crippen molar-refractivity contribution in [2.75, 3.05) is 13.6 Å². The van der Waals surface area contributed by atoms with Crippen LogP contribution in [0.5, 0.6) is 0 Å². The number of rotatable bonds is 3. The first kappa shape index (κ1) is 12.6. The number of hydrogen-bond donors (Lipinski definition) is 2. The molecule has 0 unspecified atom stereocenters. The van der Waals surface area contributed by atoms with Crippen molar-refractivity contribution in [3.8, 4) is 12.8 Å². The molecule has 3 heteroatoms. The summed E-state index contributed by atoms with van der Waals surface area (Å²) in [6.45, 7) is 0.996. The molecule has 0 aliphatic rings. The largest absolute Gasteiger partial charge is 0.361 e. The summed E-state index contributed by atoms with van der Waals surface area (Å²) in [5.41, 5.74) is 2.45. The van der Waals surface area contributed by atoms with Crippen LogP contribution in [0, 0.1) is 12.8 Å². The molecular formula is C13H15ClN2. The third kappa shape index (κ3) is 2.79. The lowest BCUT2D eigenvalue weighted by atomic mass is 10.1. The third-order valence-corrected chi connectivity index (χ3v) is 2.61. The van der Waals surface area contributed by atoms with E-state index in [-0.39, 0.29) is 0 Å². The first-order valence-electron chi connectivity index (χ1n) is 5.04. The van der Waals surface area contributed by atoms with Gasteiger partial charge in [0, 0.05) is 22.1 Å². The Morgan fingerprint density at radius 1 is 1.38 bits per heavy atom. The number of hydrogen-bond acceptors (Lipinski definition) is 1. The molecule has 84 valence electrons. The van der Waals surface area contributed by atoms with Gasteiger partial charge in [-0.3, -0.25) is 0 Å². The Hall–Kier alpha value is -1.43. The fraction of sp³-hybridized carbons (Fsp3) is 0.231. The number of halogens is 1. The van der Waals surface area contributed by atoms with Crippen molar-refractivity contribution in [2.24, 2.45) is 0 Å². The van der Waals surface area contributed by atoms with E-state index in [1.807, 2.05) is 19.2 Å². The van der Waals surface area contributed by atoms with Gasteiger partial charge >= 0.3 is 0 Å². The van der Waals surface area contributed by atoms with E-state index in [9.17, 15) is 0 Å². The molecule has 0 aliphatic carbocycles. The Labute approximate surface area is 101 Å². The number of H-pyrrole nitrogens is 1. The molecule has 1 aromatic carbocycles. The van der Waals surface area contributed by atoms with E-state index in [4.69, 9.17) is 11.6 Å². The van der Waals surface area contributed by atoms with Gasteiger partial charge in [0.05, 0.1) is 0 Å². The van der Waals surface area contributed by atoms with Crippen LogP contribution in [0.1, 0.15) is 5.56 Å². The molecule has 0 saturated heterocycles. The van der Waals surface area contributed by atoms with Gasteiger partial charge in [-0.15, -0.1) is 12.8 Å². The predicted octanol–water partition coefficient (Wildman–Crippen LogP) is 2.83. The highest BCUT2D eigenvalue weighted by atomic mass is 35.5. The van der Waals surface area contributed by atoms with Crippen LogP contribution in [-0.4, -0.2) is 18.6 Å². The van der Waals surface area contributed by atoms with E-state index < -0.39 is 0 Å². The number of terminal acetylenes is 1. The number of fused-ring (bicyclic) bond motifs is 1. The maximum atomic E-state index is 5.90. The molecule has 2 N–H and O–H groups in total. The zero-order chi connectivity index (χ0) is 12.0. The minimum absolute atomic E-state index is 0.777. The van der Waals surface area contributed by atoms with Gasteiger partial charge in [-0.05, 0) is 37.7 Å². The Balaban J connectivity index is 0.000000606. The molecule has 2 rings (SSSR count). The van der Waals surface area contributed by atoms with Gasteiger partial charge in [0.15, 0.2) is 0 Å². The molecule has 0 amide bonds. The average Bonchev–Trinajstić information content (AvgIpc) is 2.71. The van der Waals surface area contributed by atoms with Crippen molar-refractivity contribution < 1.29 is 0 Å². The molecule has 0 bridgehead atoms. The molecule has 0 radical (unpaired) electrons. The van der Waals surface area contributed by atoms with Crippen molar-refractivity contribution in [3.05, 3.63) is 35.0 Å². The normalized spacial score (nSPS) is 9.75. The Bertz CT molecular complexity index is 471. The summed E-state index contributed by atoms with van der Waals surface area (Å²) in [5, 5.41) is 5.19. The van der Waals surface area contributed by atoms with E-state index in [0.29, 0.717) is 0 Å². The highest BCUT2D eigenvalue weighted by Gasteiger charge is 2.02. The minimum atomic E-state index is 0.777. The van der Waals surface area contributed by atoms with Gasteiger partial charge in [0.25, 0.3) is 0 Å². The van der Waals surface area contributed by atoms with Gasteiger partial charge in [-0.25, -0.2) is 0 Å². The summed E-state index contributed by atoms with van der Waals surface area (Å²) in [6, 6.07) is 5.96. The summed E-state index contributed by atoms with van der Waals surface area (Å²) in [4.78, 5) is 3.23. The fourth-order valence-corrected chi connectivity index (χ4v) is 1.80. The molecule has 0 atom stereocenters. The number of aromatic amines is 1. The highest BCUT2D eigenvalue weighted by molar-refractivity contribution is 6.31. The van der Waals surface area contributed by atoms with Crippen LogP contribution in [0.15, 0.2) is 24.4 Å². The minimum Gasteiger partial charge on any atom is -0.361 e. The summed E-state index contributed by atoms with van der Waals surface area (Å²) in [5.74, 6) is 0.